The Morgan fingerprint density at radius 3 is 2.26 bits per heavy atom. The van der Waals surface area contributed by atoms with Crippen LogP contribution in [0.1, 0.15) is 50.3 Å². The average molecular weight is 575 g/mol. The summed E-state index contributed by atoms with van der Waals surface area (Å²) in [5.41, 5.74) is -0.490. The molecule has 6 nitrogen and oxygen atoms in total. The summed E-state index contributed by atoms with van der Waals surface area (Å²) in [7, 11) is -3.95. The fourth-order valence-electron chi connectivity index (χ4n) is 4.57. The van der Waals surface area contributed by atoms with E-state index in [0.717, 1.165) is 24.0 Å². The highest BCUT2D eigenvalue weighted by Crippen LogP contribution is 2.40. The molecule has 1 aromatic heterocycles. The first-order valence-corrected chi connectivity index (χ1v) is 14.3. The smallest absolute Gasteiger partial charge is 0.179 e. The molecule has 0 unspecified atom stereocenters. The molecule has 39 heavy (non-hydrogen) atoms. The maximum absolute atomic E-state index is 16.1. The minimum atomic E-state index is -3.95. The van der Waals surface area contributed by atoms with E-state index in [9.17, 15) is 23.0 Å². The Hall–Kier alpha value is -3.27. The van der Waals surface area contributed by atoms with Gasteiger partial charge in [0.2, 0.25) is 0 Å². The lowest BCUT2D eigenvalue weighted by Gasteiger charge is -2.27. The summed E-state index contributed by atoms with van der Waals surface area (Å²) in [4.78, 5) is 4.11. The summed E-state index contributed by atoms with van der Waals surface area (Å²) in [6.07, 6.45) is 2.41. The van der Waals surface area contributed by atoms with Crippen molar-refractivity contribution in [1.29, 1.82) is 0 Å². The third kappa shape index (κ3) is 5.18. The minimum Gasteiger partial charge on any atom is -0.504 e. The van der Waals surface area contributed by atoms with Gasteiger partial charge >= 0.3 is 0 Å². The third-order valence-electron chi connectivity index (χ3n) is 6.80. The van der Waals surface area contributed by atoms with Crippen molar-refractivity contribution in [3.63, 3.8) is 0 Å². The van der Waals surface area contributed by atoms with E-state index in [-0.39, 0.29) is 22.4 Å². The van der Waals surface area contributed by atoms with Crippen LogP contribution >= 0.6 is 11.6 Å². The first kappa shape index (κ1) is 28.7. The molecule has 0 spiro atoms. The molecule has 0 aliphatic rings. The van der Waals surface area contributed by atoms with Crippen LogP contribution < -0.4 is 0 Å². The van der Waals surface area contributed by atoms with E-state index < -0.39 is 43.1 Å². The van der Waals surface area contributed by atoms with Gasteiger partial charge in [-0.25, -0.2) is 22.2 Å². The number of benzene rings is 3. The van der Waals surface area contributed by atoms with Crippen molar-refractivity contribution in [2.45, 2.75) is 50.5 Å². The fraction of sp³-hybridized carbons (Fsp3) is 0.276. The number of halogens is 3. The second-order valence-corrected chi connectivity index (χ2v) is 13.0. The number of aromatic nitrogens is 2. The molecule has 4 rings (SSSR count). The summed E-state index contributed by atoms with van der Waals surface area (Å²) in [5, 5.41) is 21.2. The molecule has 0 radical (unpaired) electrons. The first-order valence-electron chi connectivity index (χ1n) is 12.0. The van der Waals surface area contributed by atoms with Gasteiger partial charge in [0.15, 0.2) is 27.2 Å². The average Bonchev–Trinajstić information content (AvgIpc) is 3.29. The van der Waals surface area contributed by atoms with E-state index in [2.05, 4.69) is 0 Å². The van der Waals surface area contributed by atoms with Gasteiger partial charge in [0.05, 0.1) is 11.4 Å². The highest BCUT2D eigenvalue weighted by Gasteiger charge is 2.34. The highest BCUT2D eigenvalue weighted by molar-refractivity contribution is 7.90. The summed E-state index contributed by atoms with van der Waals surface area (Å²) < 4.78 is 56.3. The van der Waals surface area contributed by atoms with E-state index in [4.69, 9.17) is 16.6 Å². The number of hydrogen-bond donors (Lipinski definition) is 2. The lowest BCUT2D eigenvalue weighted by molar-refractivity contribution is 0.0740. The Kier molecular flexibility index (Phi) is 7.17. The molecule has 0 saturated heterocycles. The second kappa shape index (κ2) is 9.73. The maximum Gasteiger partial charge on any atom is 0.179 e. The maximum atomic E-state index is 16.1. The number of rotatable bonds is 6. The summed E-state index contributed by atoms with van der Waals surface area (Å²) in [6, 6.07) is 12.4. The first-order chi connectivity index (χ1) is 17.9. The highest BCUT2D eigenvalue weighted by atomic mass is 35.5. The van der Waals surface area contributed by atoms with Crippen molar-refractivity contribution in [1.82, 2.24) is 9.55 Å². The van der Waals surface area contributed by atoms with Gasteiger partial charge in [-0.05, 0) is 81.1 Å². The molecule has 3 aromatic carbocycles. The van der Waals surface area contributed by atoms with E-state index in [1.807, 2.05) is 26.0 Å². The zero-order valence-electron chi connectivity index (χ0n) is 22.3. The van der Waals surface area contributed by atoms with Crippen LogP contribution in [-0.4, -0.2) is 34.4 Å². The molecule has 0 aliphatic carbocycles. The van der Waals surface area contributed by atoms with E-state index in [1.54, 1.807) is 42.8 Å². The topological polar surface area (TPSA) is 92.4 Å². The third-order valence-corrected chi connectivity index (χ3v) is 8.24. The number of nitrogens with zero attached hydrogens (tertiary/aromatic N) is 2. The van der Waals surface area contributed by atoms with Crippen molar-refractivity contribution < 1.29 is 27.4 Å². The number of phenolic OH excluding ortho intramolecular Hbond substituents is 1. The van der Waals surface area contributed by atoms with Crippen LogP contribution in [0.4, 0.5) is 8.78 Å². The molecule has 0 amide bonds. The Morgan fingerprint density at radius 2 is 1.67 bits per heavy atom. The molecule has 0 fully saturated rings. The largest absolute Gasteiger partial charge is 0.504 e. The van der Waals surface area contributed by atoms with Gasteiger partial charge in [0.1, 0.15) is 16.3 Å². The summed E-state index contributed by atoms with van der Waals surface area (Å²) in [5.74, 6) is -2.35. The Labute approximate surface area is 231 Å². The van der Waals surface area contributed by atoms with Crippen molar-refractivity contribution >= 4 is 21.4 Å². The minimum absolute atomic E-state index is 0.0908. The molecule has 10 heteroatoms. The van der Waals surface area contributed by atoms with Gasteiger partial charge < -0.3 is 10.2 Å². The molecule has 4 aromatic rings. The molecular weight excluding hydrogens is 546 g/mol. The zero-order chi connectivity index (χ0) is 29.1. The molecule has 0 atom stereocenters. The van der Waals surface area contributed by atoms with E-state index >= 15 is 4.39 Å². The van der Waals surface area contributed by atoms with Crippen molar-refractivity contribution in [3.05, 3.63) is 94.0 Å². The number of hydrogen-bond acceptors (Lipinski definition) is 5. The van der Waals surface area contributed by atoms with Gasteiger partial charge in [-0.15, -0.1) is 0 Å². The van der Waals surface area contributed by atoms with Crippen LogP contribution in [-0.2, 0) is 20.9 Å². The number of sulfone groups is 1. The Balaban J connectivity index is 1.95. The van der Waals surface area contributed by atoms with Crippen molar-refractivity contribution in [2.24, 2.45) is 0 Å². The SMILES string of the molecule is Cc1c(-c2cc(F)c(O)c(S(C)(=O)=O)c2)ccc(-n2cc(C(C)(C)O)nc2C(C)(C)c2ccccc2Cl)c1F. The van der Waals surface area contributed by atoms with Crippen LogP contribution in [0.5, 0.6) is 5.75 Å². The molecule has 206 valence electrons. The lowest BCUT2D eigenvalue weighted by Crippen LogP contribution is -2.25. The fourth-order valence-corrected chi connectivity index (χ4v) is 5.73. The van der Waals surface area contributed by atoms with Gasteiger partial charge in [0.25, 0.3) is 0 Å². The predicted octanol–water partition coefficient (Wildman–Crippen LogP) is 6.44. The van der Waals surface area contributed by atoms with Gasteiger partial charge in [0, 0.05) is 22.9 Å². The van der Waals surface area contributed by atoms with Crippen LogP contribution in [0.25, 0.3) is 16.8 Å². The lowest BCUT2D eigenvalue weighted by atomic mass is 9.83. The normalized spacial score (nSPS) is 12.7. The summed E-state index contributed by atoms with van der Waals surface area (Å²) >= 11 is 6.52. The number of phenols is 1. The van der Waals surface area contributed by atoms with E-state index in [1.165, 1.54) is 13.0 Å². The van der Waals surface area contributed by atoms with Gasteiger partial charge in [-0.1, -0.05) is 35.9 Å². The second-order valence-electron chi connectivity index (χ2n) is 10.6. The molecular formula is C29H29ClF2N2O4S. The quantitative estimate of drug-likeness (QED) is 0.276. The molecule has 0 saturated carbocycles. The monoisotopic (exact) mass is 574 g/mol. The van der Waals surface area contributed by atoms with Crippen molar-refractivity contribution in [2.75, 3.05) is 6.26 Å². The molecule has 2 N–H and O–H groups in total. The Morgan fingerprint density at radius 1 is 1.03 bits per heavy atom. The van der Waals surface area contributed by atoms with Crippen LogP contribution in [0.3, 0.4) is 0 Å². The molecule has 1 heterocycles. The van der Waals surface area contributed by atoms with Gasteiger partial charge in [-0.3, -0.25) is 4.57 Å². The summed E-state index contributed by atoms with van der Waals surface area (Å²) in [6.45, 7) is 8.44. The van der Waals surface area contributed by atoms with Crippen LogP contribution in [0.2, 0.25) is 5.02 Å². The molecule has 0 bridgehead atoms. The zero-order valence-corrected chi connectivity index (χ0v) is 23.9. The number of imidazole rings is 1. The van der Waals surface area contributed by atoms with Crippen molar-refractivity contribution in [3.8, 4) is 22.6 Å². The standard InChI is InChI=1S/C29H29ClF2N2O4S/c1-16-18(17-13-21(31)26(35)23(14-17)39(6,37)38)11-12-22(25(16)32)34-15-24(29(4,5)36)33-27(34)28(2,3)19-9-7-8-10-20(19)30/h7-15,35-36H,1-6H3. The van der Waals surface area contributed by atoms with Crippen LogP contribution in [0.15, 0.2) is 59.6 Å². The number of aromatic hydroxyl groups is 1. The Bertz CT molecular complexity index is 1710. The number of aliphatic hydroxyl groups is 1. The van der Waals surface area contributed by atoms with Crippen LogP contribution in [0, 0.1) is 18.6 Å². The van der Waals surface area contributed by atoms with Gasteiger partial charge in [-0.2, -0.15) is 0 Å². The van der Waals surface area contributed by atoms with E-state index in [0.29, 0.717) is 16.5 Å². The molecule has 0 aliphatic heterocycles. The predicted molar refractivity (Wildman–Crippen MR) is 147 cm³/mol.